The largest absolute Gasteiger partial charge is 0.306 e. The fraction of sp³-hybridized carbons (Fsp3) is 0.200. The van der Waals surface area contributed by atoms with Crippen LogP contribution in [-0.4, -0.2) is 4.92 Å². The summed E-state index contributed by atoms with van der Waals surface area (Å²) in [6.07, 6.45) is 0. The number of nitro groups is 1. The van der Waals surface area contributed by atoms with Crippen LogP contribution < -0.4 is 5.32 Å². The van der Waals surface area contributed by atoms with Crippen LogP contribution in [0.2, 0.25) is 5.02 Å². The molecule has 2 aromatic carbocycles. The molecule has 1 unspecified atom stereocenters. The molecule has 0 bridgehead atoms. The van der Waals surface area contributed by atoms with Crippen LogP contribution in [-0.2, 0) is 6.54 Å². The lowest BCUT2D eigenvalue weighted by atomic mass is 10.1. The summed E-state index contributed by atoms with van der Waals surface area (Å²) in [5.41, 5.74) is 0.719. The van der Waals surface area contributed by atoms with Gasteiger partial charge in [-0.25, -0.2) is 0 Å². The van der Waals surface area contributed by atoms with Gasteiger partial charge < -0.3 is 5.32 Å². The summed E-state index contributed by atoms with van der Waals surface area (Å²) < 4.78 is 13.9. The molecule has 2 aromatic rings. The molecule has 0 heterocycles. The number of benzene rings is 2. The third kappa shape index (κ3) is 3.77. The van der Waals surface area contributed by atoms with Crippen molar-refractivity contribution in [1.82, 2.24) is 5.32 Å². The molecule has 0 aliphatic rings. The van der Waals surface area contributed by atoms with E-state index in [1.54, 1.807) is 6.07 Å². The fourth-order valence-corrected chi connectivity index (χ4v) is 2.20. The predicted molar refractivity (Wildman–Crippen MR) is 79.8 cm³/mol. The van der Waals surface area contributed by atoms with Crippen LogP contribution in [0, 0.1) is 15.9 Å². The number of nitro benzene ring substituents is 1. The van der Waals surface area contributed by atoms with Crippen LogP contribution in [0.1, 0.15) is 24.1 Å². The van der Waals surface area contributed by atoms with Crippen molar-refractivity contribution in [1.29, 1.82) is 0 Å². The highest BCUT2D eigenvalue weighted by Crippen LogP contribution is 2.22. The molecule has 4 nitrogen and oxygen atoms in total. The summed E-state index contributed by atoms with van der Waals surface area (Å²) in [5.74, 6) is -0.798. The van der Waals surface area contributed by atoms with Crippen molar-refractivity contribution < 1.29 is 9.31 Å². The third-order valence-electron chi connectivity index (χ3n) is 3.20. The molecular formula is C15H14ClFN2O2. The molecular weight excluding hydrogens is 295 g/mol. The number of nitrogens with one attached hydrogen (secondary N) is 1. The summed E-state index contributed by atoms with van der Waals surface area (Å²) in [6.45, 7) is 2.11. The second-order valence-corrected chi connectivity index (χ2v) is 5.10. The quantitative estimate of drug-likeness (QED) is 0.664. The van der Waals surface area contributed by atoms with Gasteiger partial charge in [0.25, 0.3) is 0 Å². The molecule has 0 saturated heterocycles. The molecule has 1 atom stereocenters. The van der Waals surface area contributed by atoms with Gasteiger partial charge in [0, 0.05) is 29.2 Å². The number of nitrogens with zero attached hydrogens (tertiary/aromatic N) is 1. The van der Waals surface area contributed by atoms with Crippen LogP contribution in [0.15, 0.2) is 42.5 Å². The van der Waals surface area contributed by atoms with Gasteiger partial charge in [0.2, 0.25) is 5.82 Å². The van der Waals surface area contributed by atoms with Crippen molar-refractivity contribution in [3.63, 3.8) is 0 Å². The Kier molecular flexibility index (Phi) is 4.88. The highest BCUT2D eigenvalue weighted by molar-refractivity contribution is 6.30. The molecule has 0 radical (unpaired) electrons. The van der Waals surface area contributed by atoms with Gasteiger partial charge in [-0.2, -0.15) is 4.39 Å². The molecule has 6 heteroatoms. The van der Waals surface area contributed by atoms with Gasteiger partial charge in [-0.05, 0) is 24.6 Å². The van der Waals surface area contributed by atoms with Crippen molar-refractivity contribution in [2.24, 2.45) is 0 Å². The Hall–Kier alpha value is -1.98. The number of rotatable bonds is 5. The second kappa shape index (κ2) is 6.65. The van der Waals surface area contributed by atoms with Gasteiger partial charge in [0.15, 0.2) is 0 Å². The predicted octanol–water partition coefficient (Wildman–Crippen LogP) is 4.24. The maximum atomic E-state index is 13.9. The first-order chi connectivity index (χ1) is 9.99. The molecule has 0 aliphatic carbocycles. The lowest BCUT2D eigenvalue weighted by molar-refractivity contribution is -0.387. The summed E-state index contributed by atoms with van der Waals surface area (Å²) in [4.78, 5) is 9.98. The Bertz CT molecular complexity index is 664. The topological polar surface area (TPSA) is 55.2 Å². The van der Waals surface area contributed by atoms with Crippen molar-refractivity contribution in [2.75, 3.05) is 0 Å². The molecule has 0 fully saturated rings. The molecule has 21 heavy (non-hydrogen) atoms. The standard InChI is InChI=1S/C15H14ClFN2O2/c1-10(11-4-2-6-13(16)8-11)18-9-12-5-3-7-14(15(12)17)19(20)21/h2-8,10,18H,9H2,1H3. The molecule has 1 N–H and O–H groups in total. The molecule has 0 aromatic heterocycles. The van der Waals surface area contributed by atoms with Gasteiger partial charge in [-0.1, -0.05) is 35.9 Å². The molecule has 2 rings (SSSR count). The normalized spacial score (nSPS) is 12.1. The molecule has 0 saturated carbocycles. The maximum Gasteiger partial charge on any atom is 0.305 e. The minimum absolute atomic E-state index is 0.0534. The fourth-order valence-electron chi connectivity index (χ4n) is 2.00. The van der Waals surface area contributed by atoms with Crippen LogP contribution in [0.5, 0.6) is 0 Å². The van der Waals surface area contributed by atoms with E-state index in [0.717, 1.165) is 11.6 Å². The van der Waals surface area contributed by atoms with E-state index in [4.69, 9.17) is 11.6 Å². The first-order valence-corrected chi connectivity index (χ1v) is 6.77. The van der Waals surface area contributed by atoms with E-state index < -0.39 is 16.4 Å². The zero-order chi connectivity index (χ0) is 15.4. The first-order valence-electron chi connectivity index (χ1n) is 6.39. The number of hydrogen-bond donors (Lipinski definition) is 1. The summed E-state index contributed by atoms with van der Waals surface area (Å²) in [7, 11) is 0. The highest BCUT2D eigenvalue weighted by atomic mass is 35.5. The van der Waals surface area contributed by atoms with Crippen LogP contribution in [0.25, 0.3) is 0 Å². The number of hydrogen-bond acceptors (Lipinski definition) is 3. The third-order valence-corrected chi connectivity index (χ3v) is 3.44. The smallest absolute Gasteiger partial charge is 0.305 e. The number of halogens is 2. The Morgan fingerprint density at radius 2 is 2.05 bits per heavy atom. The second-order valence-electron chi connectivity index (χ2n) is 4.66. The van der Waals surface area contributed by atoms with Gasteiger partial charge >= 0.3 is 5.69 Å². The lowest BCUT2D eigenvalue weighted by Gasteiger charge is -2.15. The molecule has 0 spiro atoms. The van der Waals surface area contributed by atoms with Crippen molar-refractivity contribution in [3.05, 3.63) is 74.5 Å². The Balaban J connectivity index is 2.10. The zero-order valence-electron chi connectivity index (χ0n) is 11.3. The molecule has 110 valence electrons. The lowest BCUT2D eigenvalue weighted by Crippen LogP contribution is -2.19. The molecule has 0 aliphatic heterocycles. The van der Waals surface area contributed by atoms with Crippen LogP contribution in [0.4, 0.5) is 10.1 Å². The van der Waals surface area contributed by atoms with Crippen LogP contribution >= 0.6 is 11.6 Å². The zero-order valence-corrected chi connectivity index (χ0v) is 12.1. The van der Waals surface area contributed by atoms with Gasteiger partial charge in [-0.3, -0.25) is 10.1 Å². The van der Waals surface area contributed by atoms with E-state index in [1.807, 2.05) is 25.1 Å². The van der Waals surface area contributed by atoms with Gasteiger partial charge in [0.05, 0.1) is 4.92 Å². The summed E-state index contributed by atoms with van der Waals surface area (Å²) in [5, 5.41) is 14.5. The average Bonchev–Trinajstić information content (AvgIpc) is 2.45. The van der Waals surface area contributed by atoms with Crippen molar-refractivity contribution >= 4 is 17.3 Å². The van der Waals surface area contributed by atoms with Crippen molar-refractivity contribution in [3.8, 4) is 0 Å². The van der Waals surface area contributed by atoms with E-state index in [-0.39, 0.29) is 18.2 Å². The SMILES string of the molecule is CC(NCc1cccc([N+](=O)[O-])c1F)c1cccc(Cl)c1. The average molecular weight is 309 g/mol. The minimum Gasteiger partial charge on any atom is -0.306 e. The van der Waals surface area contributed by atoms with Gasteiger partial charge in [-0.15, -0.1) is 0 Å². The van der Waals surface area contributed by atoms with E-state index in [9.17, 15) is 14.5 Å². The Morgan fingerprint density at radius 3 is 2.71 bits per heavy atom. The highest BCUT2D eigenvalue weighted by Gasteiger charge is 2.17. The monoisotopic (exact) mass is 308 g/mol. The van der Waals surface area contributed by atoms with Crippen molar-refractivity contribution in [2.45, 2.75) is 19.5 Å². The van der Waals surface area contributed by atoms with Gasteiger partial charge in [0.1, 0.15) is 0 Å². The molecule has 0 amide bonds. The van der Waals surface area contributed by atoms with Crippen LogP contribution in [0.3, 0.4) is 0 Å². The van der Waals surface area contributed by atoms with E-state index in [1.165, 1.54) is 12.1 Å². The van der Waals surface area contributed by atoms with E-state index >= 15 is 0 Å². The van der Waals surface area contributed by atoms with E-state index in [2.05, 4.69) is 5.32 Å². The van der Waals surface area contributed by atoms with E-state index in [0.29, 0.717) is 5.02 Å². The maximum absolute atomic E-state index is 13.9. The summed E-state index contributed by atoms with van der Waals surface area (Å²) in [6, 6.07) is 11.4. The minimum atomic E-state index is -0.798. The summed E-state index contributed by atoms with van der Waals surface area (Å²) >= 11 is 5.92. The Morgan fingerprint density at radius 1 is 1.33 bits per heavy atom. The Labute approximate surface area is 126 Å². The first kappa shape index (κ1) is 15.4.